The zero-order valence-corrected chi connectivity index (χ0v) is 24.2. The summed E-state index contributed by atoms with van der Waals surface area (Å²) in [7, 11) is 2.14. The minimum absolute atomic E-state index is 0.254. The third kappa shape index (κ3) is 6.11. The summed E-state index contributed by atoms with van der Waals surface area (Å²) in [5.74, 6) is -0.698. The lowest BCUT2D eigenvalue weighted by molar-refractivity contribution is -0.274. The van der Waals surface area contributed by atoms with Crippen LogP contribution in [0.5, 0.6) is 17.2 Å². The molecule has 11 nitrogen and oxygen atoms in total. The minimum Gasteiger partial charge on any atom is -0.457 e. The molecule has 236 valence electrons. The van der Waals surface area contributed by atoms with E-state index in [0.717, 1.165) is 51.2 Å². The number of benzene rings is 2. The Kier molecular flexibility index (Phi) is 8.03. The highest BCUT2D eigenvalue weighted by Gasteiger charge is 2.63. The maximum atomic E-state index is 13.5. The van der Waals surface area contributed by atoms with Crippen molar-refractivity contribution in [1.29, 1.82) is 0 Å². The molecule has 0 aromatic heterocycles. The third-order valence-electron chi connectivity index (χ3n) is 8.79. The van der Waals surface area contributed by atoms with Gasteiger partial charge in [0.1, 0.15) is 22.8 Å². The predicted molar refractivity (Wildman–Crippen MR) is 150 cm³/mol. The van der Waals surface area contributed by atoms with Crippen LogP contribution in [0.1, 0.15) is 18.4 Å². The monoisotopic (exact) mass is 617 g/mol. The molecule has 2 aromatic carbocycles. The van der Waals surface area contributed by atoms with Crippen molar-refractivity contribution in [3.63, 3.8) is 0 Å². The summed E-state index contributed by atoms with van der Waals surface area (Å²) in [6.45, 7) is 5.87. The van der Waals surface area contributed by atoms with Crippen LogP contribution in [-0.4, -0.2) is 104 Å². The Labute approximate surface area is 252 Å². The highest BCUT2D eigenvalue weighted by atomic mass is 19.4. The number of nitrogens with one attached hydrogen (secondary N) is 2. The van der Waals surface area contributed by atoms with Crippen molar-refractivity contribution >= 4 is 17.8 Å². The first-order valence-corrected chi connectivity index (χ1v) is 14.6. The highest BCUT2D eigenvalue weighted by Crippen LogP contribution is 2.42. The van der Waals surface area contributed by atoms with Gasteiger partial charge in [-0.3, -0.25) is 30.0 Å². The number of urea groups is 1. The number of likely N-dealkylation sites (tertiary alicyclic amines) is 2. The van der Waals surface area contributed by atoms with Crippen LogP contribution in [0.2, 0.25) is 0 Å². The highest BCUT2D eigenvalue weighted by molar-refractivity contribution is 6.22. The molecule has 0 unspecified atom stereocenters. The summed E-state index contributed by atoms with van der Waals surface area (Å²) in [6, 6.07) is 10.2. The van der Waals surface area contributed by atoms with Gasteiger partial charge in [-0.2, -0.15) is 0 Å². The Morgan fingerprint density at radius 1 is 0.864 bits per heavy atom. The van der Waals surface area contributed by atoms with E-state index in [1.807, 2.05) is 0 Å². The number of morpholine rings is 1. The zero-order chi connectivity index (χ0) is 31.1. The number of ether oxygens (including phenoxy) is 3. The number of rotatable bonds is 7. The maximum absolute atomic E-state index is 13.5. The molecular weight excluding hydrogens is 583 g/mol. The number of alkyl halides is 3. The van der Waals surface area contributed by atoms with Gasteiger partial charge in [-0.05, 0) is 80.9 Å². The Balaban J connectivity index is 1.17. The van der Waals surface area contributed by atoms with E-state index in [9.17, 15) is 27.6 Å². The van der Waals surface area contributed by atoms with Crippen molar-refractivity contribution in [3.05, 3.63) is 54.1 Å². The Hall–Kier alpha value is -3.72. The van der Waals surface area contributed by atoms with Gasteiger partial charge in [0.25, 0.3) is 11.8 Å². The number of carbonyl (C=O) groups is 3. The van der Waals surface area contributed by atoms with Crippen LogP contribution in [0.15, 0.2) is 48.5 Å². The van der Waals surface area contributed by atoms with Crippen LogP contribution in [0.4, 0.5) is 18.0 Å². The van der Waals surface area contributed by atoms with Gasteiger partial charge >= 0.3 is 12.4 Å². The number of carbonyl (C=O) groups excluding carboxylic acids is 3. The summed E-state index contributed by atoms with van der Waals surface area (Å²) in [5.41, 5.74) is -2.02. The van der Waals surface area contributed by atoms with Gasteiger partial charge in [0.15, 0.2) is 0 Å². The van der Waals surface area contributed by atoms with Crippen molar-refractivity contribution in [2.24, 2.45) is 5.92 Å². The van der Waals surface area contributed by atoms with Crippen LogP contribution >= 0.6 is 0 Å². The second-order valence-corrected chi connectivity index (χ2v) is 12.0. The zero-order valence-electron chi connectivity index (χ0n) is 24.2. The molecule has 4 amide bonds. The largest absolute Gasteiger partial charge is 0.573 e. The number of piperidine rings is 1. The van der Waals surface area contributed by atoms with Crippen molar-refractivity contribution in [2.45, 2.75) is 30.3 Å². The van der Waals surface area contributed by atoms with Crippen LogP contribution in [0.25, 0.3) is 0 Å². The second kappa shape index (κ2) is 11.7. The maximum Gasteiger partial charge on any atom is 0.573 e. The van der Waals surface area contributed by atoms with E-state index in [1.165, 1.54) is 12.1 Å². The molecule has 0 saturated carbocycles. The molecule has 44 heavy (non-hydrogen) atoms. The first-order chi connectivity index (χ1) is 20.9. The molecule has 4 fully saturated rings. The molecular formula is C30H34F3N5O6. The number of hydrogen-bond donors (Lipinski definition) is 2. The van der Waals surface area contributed by atoms with E-state index in [4.69, 9.17) is 9.47 Å². The molecule has 4 aliphatic heterocycles. The van der Waals surface area contributed by atoms with Crippen molar-refractivity contribution in [1.82, 2.24) is 25.3 Å². The van der Waals surface area contributed by atoms with Gasteiger partial charge in [-0.15, -0.1) is 13.2 Å². The van der Waals surface area contributed by atoms with E-state index >= 15 is 0 Å². The molecule has 1 spiro atoms. The van der Waals surface area contributed by atoms with Crippen LogP contribution in [0.3, 0.4) is 0 Å². The fourth-order valence-corrected chi connectivity index (χ4v) is 6.63. The summed E-state index contributed by atoms with van der Waals surface area (Å²) in [5, 5.41) is 4.50. The minimum atomic E-state index is -4.80. The van der Waals surface area contributed by atoms with Crippen molar-refractivity contribution < 1.29 is 41.8 Å². The van der Waals surface area contributed by atoms with Gasteiger partial charge in [0.05, 0.1) is 6.61 Å². The molecule has 0 radical (unpaired) electrons. The van der Waals surface area contributed by atoms with Gasteiger partial charge in [-0.25, -0.2) is 4.79 Å². The summed E-state index contributed by atoms with van der Waals surface area (Å²) >= 11 is 0. The summed E-state index contributed by atoms with van der Waals surface area (Å²) in [6.07, 6.45) is -2.49. The van der Waals surface area contributed by atoms with Gasteiger partial charge in [0, 0.05) is 32.7 Å². The molecule has 4 saturated heterocycles. The molecule has 0 bridgehead atoms. The first-order valence-electron chi connectivity index (χ1n) is 14.6. The topological polar surface area (TPSA) is 113 Å². The lowest BCUT2D eigenvalue weighted by Gasteiger charge is -2.59. The predicted octanol–water partition coefficient (Wildman–Crippen LogP) is 2.67. The molecule has 14 heteroatoms. The molecule has 0 aliphatic carbocycles. The van der Waals surface area contributed by atoms with E-state index in [0.29, 0.717) is 43.5 Å². The van der Waals surface area contributed by atoms with E-state index in [2.05, 4.69) is 32.2 Å². The third-order valence-corrected chi connectivity index (χ3v) is 8.79. The lowest BCUT2D eigenvalue weighted by Crippen LogP contribution is -2.80. The number of nitrogens with zero attached hydrogens (tertiary/aromatic N) is 3. The Bertz CT molecular complexity index is 1370. The quantitative estimate of drug-likeness (QED) is 0.453. The molecule has 2 N–H and O–H groups in total. The van der Waals surface area contributed by atoms with Gasteiger partial charge in [0.2, 0.25) is 5.54 Å². The van der Waals surface area contributed by atoms with Crippen molar-refractivity contribution in [2.75, 3.05) is 59.5 Å². The van der Waals surface area contributed by atoms with E-state index < -0.39 is 35.3 Å². The van der Waals surface area contributed by atoms with E-state index in [-0.39, 0.29) is 11.5 Å². The SMILES string of the molecule is CN1CCC(CN2CCOC3(C2)CN(C2(c4ccc(Oc5ccc(OC(F)(F)F)cc5)cc4)C(=O)NC(=O)NC2=O)C3)CC1. The average molecular weight is 618 g/mol. The second-order valence-electron chi connectivity index (χ2n) is 12.0. The molecule has 6 rings (SSSR count). The smallest absolute Gasteiger partial charge is 0.457 e. The van der Waals surface area contributed by atoms with Crippen LogP contribution in [-0.2, 0) is 19.9 Å². The summed E-state index contributed by atoms with van der Waals surface area (Å²) < 4.78 is 53.2. The fourth-order valence-electron chi connectivity index (χ4n) is 6.63. The molecule has 0 atom stereocenters. The first kappa shape index (κ1) is 30.3. The number of imide groups is 2. The fraction of sp³-hybridized carbons (Fsp3) is 0.500. The van der Waals surface area contributed by atoms with Gasteiger partial charge in [-0.1, -0.05) is 12.1 Å². The number of hydrogen-bond acceptors (Lipinski definition) is 9. The Morgan fingerprint density at radius 3 is 2.02 bits per heavy atom. The molecule has 2 aromatic rings. The van der Waals surface area contributed by atoms with Gasteiger partial charge < -0.3 is 19.1 Å². The van der Waals surface area contributed by atoms with Crippen LogP contribution in [0, 0.1) is 5.92 Å². The standard InChI is InChI=1S/C30H34F3N5O6/c1-36-12-10-20(11-13-36)16-37-14-15-42-28(17-37)18-38(19-28)29(25(39)34-27(41)35-26(29)40)21-2-4-22(5-3-21)43-23-6-8-24(9-7-23)44-30(31,32)33/h2-9,20H,10-19H2,1H3,(H2,34,35,39,40,41). The van der Waals surface area contributed by atoms with E-state index in [1.54, 1.807) is 29.2 Å². The Morgan fingerprint density at radius 2 is 1.43 bits per heavy atom. The summed E-state index contributed by atoms with van der Waals surface area (Å²) in [4.78, 5) is 45.5. The lowest BCUT2D eigenvalue weighted by atomic mass is 9.78. The normalized spacial score (nSPS) is 23.1. The number of barbiturate groups is 1. The van der Waals surface area contributed by atoms with Crippen molar-refractivity contribution in [3.8, 4) is 17.2 Å². The van der Waals surface area contributed by atoms with Crippen LogP contribution < -0.4 is 20.1 Å². The molecule has 4 heterocycles. The number of halogens is 3. The molecule has 4 aliphatic rings. The average Bonchev–Trinajstić information content (AvgIpc) is 2.94. The number of amides is 4.